The molecule has 0 amide bonds. The van der Waals surface area contributed by atoms with Crippen LogP contribution in [0.3, 0.4) is 0 Å². The van der Waals surface area contributed by atoms with E-state index in [1.54, 1.807) is 38.3 Å². The van der Waals surface area contributed by atoms with Gasteiger partial charge in [-0.1, -0.05) is 24.3 Å². The van der Waals surface area contributed by atoms with Crippen molar-refractivity contribution in [2.24, 2.45) is 4.99 Å². The molecule has 0 unspecified atom stereocenters. The molecule has 0 aliphatic rings. The molecule has 0 bridgehead atoms. The minimum atomic E-state index is -0.595. The van der Waals surface area contributed by atoms with Crippen LogP contribution in [0, 0.1) is 0 Å². The summed E-state index contributed by atoms with van der Waals surface area (Å²) in [6.07, 6.45) is 0. The van der Waals surface area contributed by atoms with Crippen molar-refractivity contribution >= 4 is 16.7 Å². The Hall–Kier alpha value is -3.08. The number of benzene rings is 2. The maximum Gasteiger partial charge on any atom is 0.349 e. The standard InChI is InChI=1S/C19H17NO4/c1-12(20-11-13-7-9-14(23-2)10-8-13)17-18(21)15-5-3-4-6-16(15)24-19(17)22/h3-10,21H,11H2,1-2H3/b20-12+. The summed E-state index contributed by atoms with van der Waals surface area (Å²) in [5.41, 5.74) is 1.26. The zero-order valence-electron chi connectivity index (χ0n) is 13.4. The van der Waals surface area contributed by atoms with Crippen LogP contribution >= 0.6 is 0 Å². The van der Waals surface area contributed by atoms with Gasteiger partial charge in [-0.05, 0) is 36.8 Å². The molecular weight excluding hydrogens is 306 g/mol. The normalized spacial score (nSPS) is 11.7. The first-order valence-corrected chi connectivity index (χ1v) is 7.49. The maximum absolute atomic E-state index is 12.2. The van der Waals surface area contributed by atoms with Crippen LogP contribution in [0.25, 0.3) is 11.0 Å². The average molecular weight is 323 g/mol. The first-order chi connectivity index (χ1) is 11.6. The summed E-state index contributed by atoms with van der Waals surface area (Å²) in [6, 6.07) is 14.4. The minimum absolute atomic E-state index is 0.0992. The lowest BCUT2D eigenvalue weighted by atomic mass is 10.1. The van der Waals surface area contributed by atoms with Gasteiger partial charge in [0, 0.05) is 0 Å². The Kier molecular flexibility index (Phi) is 4.33. The molecule has 3 rings (SSSR count). The second kappa shape index (κ2) is 6.58. The number of hydrogen-bond donors (Lipinski definition) is 1. The molecular formula is C19H17NO4. The third-order valence-corrected chi connectivity index (χ3v) is 3.81. The van der Waals surface area contributed by atoms with Crippen molar-refractivity contribution in [3.05, 3.63) is 70.1 Å². The molecule has 0 aliphatic heterocycles. The zero-order chi connectivity index (χ0) is 17.1. The molecule has 5 nitrogen and oxygen atoms in total. The molecule has 1 heterocycles. The second-order valence-electron chi connectivity index (χ2n) is 5.36. The Morgan fingerprint density at radius 1 is 1.17 bits per heavy atom. The number of methoxy groups -OCH3 is 1. The van der Waals surface area contributed by atoms with Crippen molar-refractivity contribution in [1.29, 1.82) is 0 Å². The summed E-state index contributed by atoms with van der Waals surface area (Å²) in [5, 5.41) is 10.9. The fourth-order valence-electron chi connectivity index (χ4n) is 2.47. The Bertz CT molecular complexity index is 955. The molecule has 3 aromatic rings. The highest BCUT2D eigenvalue weighted by Crippen LogP contribution is 2.26. The molecule has 0 spiro atoms. The number of ether oxygens (including phenoxy) is 1. The molecule has 0 saturated heterocycles. The monoisotopic (exact) mass is 323 g/mol. The zero-order valence-corrected chi connectivity index (χ0v) is 13.4. The van der Waals surface area contributed by atoms with Gasteiger partial charge < -0.3 is 14.3 Å². The highest BCUT2D eigenvalue weighted by molar-refractivity contribution is 6.04. The van der Waals surface area contributed by atoms with Crippen molar-refractivity contribution in [2.75, 3.05) is 7.11 Å². The summed E-state index contributed by atoms with van der Waals surface area (Å²) >= 11 is 0. The van der Waals surface area contributed by atoms with Gasteiger partial charge in [-0.15, -0.1) is 0 Å². The maximum atomic E-state index is 12.2. The first-order valence-electron chi connectivity index (χ1n) is 7.49. The predicted molar refractivity (Wildman–Crippen MR) is 93.1 cm³/mol. The molecule has 0 atom stereocenters. The fraction of sp³-hybridized carbons (Fsp3) is 0.158. The molecule has 5 heteroatoms. The molecule has 0 saturated carbocycles. The average Bonchev–Trinajstić information content (AvgIpc) is 2.60. The smallest absolute Gasteiger partial charge is 0.349 e. The summed E-state index contributed by atoms with van der Waals surface area (Å²) < 4.78 is 10.4. The number of aliphatic imine (C=N–C) groups is 1. The van der Waals surface area contributed by atoms with Crippen LogP contribution in [0.2, 0.25) is 0 Å². The van der Waals surface area contributed by atoms with E-state index in [9.17, 15) is 9.90 Å². The third-order valence-electron chi connectivity index (χ3n) is 3.81. The molecule has 122 valence electrons. The van der Waals surface area contributed by atoms with Crippen molar-refractivity contribution in [3.8, 4) is 11.5 Å². The molecule has 0 fully saturated rings. The SMILES string of the molecule is COc1ccc(C/N=C(\C)c2c(O)c3ccccc3oc2=O)cc1. The first kappa shape index (κ1) is 15.8. The third kappa shape index (κ3) is 3.01. The summed E-state index contributed by atoms with van der Waals surface area (Å²) in [5.74, 6) is 0.671. The Morgan fingerprint density at radius 3 is 2.58 bits per heavy atom. The van der Waals surface area contributed by atoms with Gasteiger partial charge >= 0.3 is 5.63 Å². The molecule has 2 aromatic carbocycles. The van der Waals surface area contributed by atoms with Crippen molar-refractivity contribution in [2.45, 2.75) is 13.5 Å². The van der Waals surface area contributed by atoms with Crippen LogP contribution in [0.4, 0.5) is 0 Å². The Labute approximate surface area is 138 Å². The van der Waals surface area contributed by atoms with Crippen LogP contribution in [-0.2, 0) is 6.54 Å². The van der Waals surface area contributed by atoms with Crippen molar-refractivity contribution in [3.63, 3.8) is 0 Å². The lowest BCUT2D eigenvalue weighted by molar-refractivity contribution is 0.414. The fourth-order valence-corrected chi connectivity index (χ4v) is 2.47. The number of para-hydroxylation sites is 1. The number of rotatable bonds is 4. The largest absolute Gasteiger partial charge is 0.506 e. The van der Waals surface area contributed by atoms with Gasteiger partial charge in [-0.25, -0.2) is 4.79 Å². The quantitative estimate of drug-likeness (QED) is 0.589. The molecule has 1 N–H and O–H groups in total. The van der Waals surface area contributed by atoms with Crippen molar-refractivity contribution < 1.29 is 14.3 Å². The van der Waals surface area contributed by atoms with E-state index in [1.807, 2.05) is 24.3 Å². The summed E-state index contributed by atoms with van der Waals surface area (Å²) in [4.78, 5) is 16.6. The van der Waals surface area contributed by atoms with Crippen LogP contribution < -0.4 is 10.4 Å². The molecule has 0 radical (unpaired) electrons. The Morgan fingerprint density at radius 2 is 1.88 bits per heavy atom. The van der Waals surface area contributed by atoms with E-state index >= 15 is 0 Å². The highest BCUT2D eigenvalue weighted by atomic mass is 16.5. The number of nitrogens with zero attached hydrogens (tertiary/aromatic N) is 1. The predicted octanol–water partition coefficient (Wildman–Crippen LogP) is 3.52. The summed E-state index contributed by atoms with van der Waals surface area (Å²) in [6.45, 7) is 2.08. The van der Waals surface area contributed by atoms with Crippen LogP contribution in [0.1, 0.15) is 18.1 Å². The highest BCUT2D eigenvalue weighted by Gasteiger charge is 2.15. The van der Waals surface area contributed by atoms with Gasteiger partial charge in [0.15, 0.2) is 0 Å². The van der Waals surface area contributed by atoms with Gasteiger partial charge in [-0.3, -0.25) is 4.99 Å². The van der Waals surface area contributed by atoms with E-state index < -0.39 is 5.63 Å². The van der Waals surface area contributed by atoms with E-state index in [1.165, 1.54) is 0 Å². The molecule has 0 aliphatic carbocycles. The molecule has 1 aromatic heterocycles. The van der Waals surface area contributed by atoms with Gasteiger partial charge in [0.05, 0.1) is 24.8 Å². The van der Waals surface area contributed by atoms with E-state index in [-0.39, 0.29) is 11.3 Å². The van der Waals surface area contributed by atoms with E-state index in [0.717, 1.165) is 11.3 Å². The number of hydrogen-bond acceptors (Lipinski definition) is 5. The Balaban J connectivity index is 1.95. The van der Waals surface area contributed by atoms with Gasteiger partial charge in [0.2, 0.25) is 0 Å². The van der Waals surface area contributed by atoms with Gasteiger partial charge in [-0.2, -0.15) is 0 Å². The van der Waals surface area contributed by atoms with Crippen LogP contribution in [0.15, 0.2) is 62.7 Å². The molecule has 24 heavy (non-hydrogen) atoms. The van der Waals surface area contributed by atoms with Crippen LogP contribution in [0.5, 0.6) is 11.5 Å². The minimum Gasteiger partial charge on any atom is -0.506 e. The van der Waals surface area contributed by atoms with E-state index in [2.05, 4.69) is 4.99 Å². The van der Waals surface area contributed by atoms with Crippen LogP contribution in [-0.4, -0.2) is 17.9 Å². The summed E-state index contributed by atoms with van der Waals surface area (Å²) in [7, 11) is 1.61. The van der Waals surface area contributed by atoms with E-state index in [0.29, 0.717) is 23.2 Å². The second-order valence-corrected chi connectivity index (χ2v) is 5.36. The van der Waals surface area contributed by atoms with Crippen molar-refractivity contribution in [1.82, 2.24) is 0 Å². The van der Waals surface area contributed by atoms with Gasteiger partial charge in [0.1, 0.15) is 22.6 Å². The number of fused-ring (bicyclic) bond motifs is 1. The lowest BCUT2D eigenvalue weighted by Gasteiger charge is -2.06. The van der Waals surface area contributed by atoms with Gasteiger partial charge in [0.25, 0.3) is 0 Å². The van der Waals surface area contributed by atoms with E-state index in [4.69, 9.17) is 9.15 Å². The number of aromatic hydroxyl groups is 1. The topological polar surface area (TPSA) is 72.0 Å². The lowest BCUT2D eigenvalue weighted by Crippen LogP contribution is -2.13.